The third kappa shape index (κ3) is 4.52. The quantitative estimate of drug-likeness (QED) is 0.358. The summed E-state index contributed by atoms with van der Waals surface area (Å²) in [6.07, 6.45) is 4.87. The number of quaternary nitrogens is 1. The summed E-state index contributed by atoms with van der Waals surface area (Å²) in [5, 5.41) is 0. The van der Waals surface area contributed by atoms with Gasteiger partial charge < -0.3 is 0 Å². The summed E-state index contributed by atoms with van der Waals surface area (Å²) in [6.45, 7) is 9.05. The Balaban J connectivity index is 4.18. The minimum atomic E-state index is 0.148. The van der Waals surface area contributed by atoms with Gasteiger partial charge in [0.1, 0.15) is 5.88 Å². The molecule has 0 atom stereocenters. The van der Waals surface area contributed by atoms with Crippen LogP contribution < -0.4 is 0 Å². The minimum Gasteiger partial charge on any atom is -0.260 e. The molecule has 0 aliphatic rings. The second kappa shape index (κ2) is 8.12. The van der Waals surface area contributed by atoms with E-state index in [2.05, 4.69) is 20.8 Å². The molecule has 0 aromatic carbocycles. The van der Waals surface area contributed by atoms with Crippen LogP contribution >= 0.6 is 11.6 Å². The van der Waals surface area contributed by atoms with Crippen LogP contribution in [0.2, 0.25) is 0 Å². The summed E-state index contributed by atoms with van der Waals surface area (Å²) < 4.78 is 0.563. The highest BCUT2D eigenvalue weighted by atomic mass is 35.5. The predicted octanol–water partition coefficient (Wildman–Crippen LogP) is 3.19. The average Bonchev–Trinajstić information content (AvgIpc) is 2.29. The van der Waals surface area contributed by atoms with E-state index in [0.29, 0.717) is 4.48 Å². The van der Waals surface area contributed by atoms with Gasteiger partial charge in [0.25, 0.3) is 0 Å². The Kier molecular flexibility index (Phi) is 8.07. The maximum Gasteiger partial charge on any atom is 0.328 e. The standard InChI is InChI=1S/C12H25ClNO/c1-4-7-8-9-10-14(5-2,6-3)12(15)11-13/h4-11H2,1-3H3/q+1. The van der Waals surface area contributed by atoms with Crippen molar-refractivity contribution in [2.45, 2.75) is 46.5 Å². The lowest BCUT2D eigenvalue weighted by atomic mass is 10.1. The van der Waals surface area contributed by atoms with E-state index in [-0.39, 0.29) is 11.8 Å². The van der Waals surface area contributed by atoms with Crippen molar-refractivity contribution in [2.75, 3.05) is 25.5 Å². The van der Waals surface area contributed by atoms with Gasteiger partial charge in [-0.1, -0.05) is 19.8 Å². The Morgan fingerprint density at radius 3 is 2.07 bits per heavy atom. The summed E-state index contributed by atoms with van der Waals surface area (Å²) in [6, 6.07) is 0. The smallest absolute Gasteiger partial charge is 0.260 e. The largest absolute Gasteiger partial charge is 0.328 e. The van der Waals surface area contributed by atoms with Crippen LogP contribution in [-0.2, 0) is 4.79 Å². The zero-order chi connectivity index (χ0) is 11.7. The SMILES string of the molecule is CCCCCC[N+](CC)(CC)C(=O)CCl. The Hall–Kier alpha value is -0.0800. The van der Waals surface area contributed by atoms with Crippen molar-refractivity contribution in [3.05, 3.63) is 0 Å². The van der Waals surface area contributed by atoms with Crippen molar-refractivity contribution in [3.8, 4) is 0 Å². The lowest BCUT2D eigenvalue weighted by molar-refractivity contribution is -0.850. The fourth-order valence-corrected chi connectivity index (χ4v) is 2.24. The maximum atomic E-state index is 11.8. The fraction of sp³-hybridized carbons (Fsp3) is 0.917. The summed E-state index contributed by atoms with van der Waals surface area (Å²) in [7, 11) is 0. The highest BCUT2D eigenvalue weighted by Gasteiger charge is 2.31. The predicted molar refractivity (Wildman–Crippen MR) is 66.1 cm³/mol. The average molecular weight is 235 g/mol. The summed E-state index contributed by atoms with van der Waals surface area (Å²) in [5.41, 5.74) is 0. The van der Waals surface area contributed by atoms with E-state index in [0.717, 1.165) is 26.1 Å². The van der Waals surface area contributed by atoms with Gasteiger partial charge in [-0.3, -0.25) is 4.48 Å². The molecule has 0 saturated carbocycles. The van der Waals surface area contributed by atoms with Gasteiger partial charge in [-0.25, -0.2) is 4.79 Å². The van der Waals surface area contributed by atoms with Crippen molar-refractivity contribution < 1.29 is 9.28 Å². The number of rotatable bonds is 8. The molecule has 1 amide bonds. The molecule has 0 bridgehead atoms. The van der Waals surface area contributed by atoms with E-state index in [1.165, 1.54) is 19.3 Å². The maximum absolute atomic E-state index is 11.8. The number of hydrogen-bond donors (Lipinski definition) is 0. The number of hydrogen-bond acceptors (Lipinski definition) is 1. The number of unbranched alkanes of at least 4 members (excludes halogenated alkanes) is 3. The number of carbonyl (C=O) groups is 1. The molecular formula is C12H25ClNO+. The van der Waals surface area contributed by atoms with Gasteiger partial charge in [0.15, 0.2) is 0 Å². The molecule has 0 aliphatic carbocycles. The monoisotopic (exact) mass is 234 g/mol. The van der Waals surface area contributed by atoms with E-state index in [9.17, 15) is 4.79 Å². The molecule has 2 nitrogen and oxygen atoms in total. The van der Waals surface area contributed by atoms with Gasteiger partial charge in [0.05, 0.1) is 19.6 Å². The number of amides is 1. The van der Waals surface area contributed by atoms with Crippen LogP contribution in [0.1, 0.15) is 46.5 Å². The lowest BCUT2D eigenvalue weighted by Crippen LogP contribution is -2.53. The number of halogens is 1. The number of carbonyl (C=O) groups excluding carboxylic acids is 1. The van der Waals surface area contributed by atoms with Gasteiger partial charge in [0, 0.05) is 0 Å². The Morgan fingerprint density at radius 2 is 1.67 bits per heavy atom. The topological polar surface area (TPSA) is 17.1 Å². The molecular weight excluding hydrogens is 210 g/mol. The first kappa shape index (κ1) is 14.9. The first-order valence-corrected chi connectivity index (χ1v) is 6.65. The van der Waals surface area contributed by atoms with E-state index in [4.69, 9.17) is 11.6 Å². The van der Waals surface area contributed by atoms with E-state index in [1.807, 2.05) is 0 Å². The second-order valence-corrected chi connectivity index (χ2v) is 4.36. The van der Waals surface area contributed by atoms with E-state index in [1.54, 1.807) is 0 Å². The van der Waals surface area contributed by atoms with Crippen LogP contribution in [0.25, 0.3) is 0 Å². The van der Waals surface area contributed by atoms with Crippen LogP contribution in [0.4, 0.5) is 0 Å². The third-order valence-corrected chi connectivity index (χ3v) is 3.52. The van der Waals surface area contributed by atoms with E-state index < -0.39 is 0 Å². The van der Waals surface area contributed by atoms with Crippen LogP contribution in [0.15, 0.2) is 0 Å². The van der Waals surface area contributed by atoms with Crippen LogP contribution in [0.5, 0.6) is 0 Å². The summed E-state index contributed by atoms with van der Waals surface area (Å²) in [4.78, 5) is 11.8. The van der Waals surface area contributed by atoms with Crippen LogP contribution in [0.3, 0.4) is 0 Å². The number of alkyl halides is 1. The van der Waals surface area contributed by atoms with Gasteiger partial charge in [-0.15, -0.1) is 11.6 Å². The van der Waals surface area contributed by atoms with Crippen molar-refractivity contribution >= 4 is 17.5 Å². The minimum absolute atomic E-state index is 0.148. The first-order chi connectivity index (χ1) is 7.16. The summed E-state index contributed by atoms with van der Waals surface area (Å²) in [5.74, 6) is 0.327. The van der Waals surface area contributed by atoms with Gasteiger partial charge >= 0.3 is 5.91 Å². The molecule has 0 saturated heterocycles. The Morgan fingerprint density at radius 1 is 1.07 bits per heavy atom. The number of nitrogens with zero attached hydrogens (tertiary/aromatic N) is 1. The molecule has 15 heavy (non-hydrogen) atoms. The van der Waals surface area contributed by atoms with Gasteiger partial charge in [-0.2, -0.15) is 0 Å². The Labute approximate surface area is 99.2 Å². The lowest BCUT2D eigenvalue weighted by Gasteiger charge is -2.33. The van der Waals surface area contributed by atoms with Gasteiger partial charge in [-0.05, 0) is 26.7 Å². The third-order valence-electron chi connectivity index (χ3n) is 3.29. The van der Waals surface area contributed by atoms with Crippen molar-refractivity contribution in [1.29, 1.82) is 0 Å². The molecule has 0 radical (unpaired) electrons. The highest BCUT2D eigenvalue weighted by Crippen LogP contribution is 2.12. The molecule has 0 aliphatic heterocycles. The first-order valence-electron chi connectivity index (χ1n) is 6.12. The molecule has 0 fully saturated rings. The van der Waals surface area contributed by atoms with Crippen LogP contribution in [-0.4, -0.2) is 35.9 Å². The van der Waals surface area contributed by atoms with Crippen molar-refractivity contribution in [3.63, 3.8) is 0 Å². The molecule has 0 heterocycles. The van der Waals surface area contributed by atoms with Crippen LogP contribution in [0, 0.1) is 0 Å². The zero-order valence-electron chi connectivity index (χ0n) is 10.4. The van der Waals surface area contributed by atoms with Gasteiger partial charge in [0.2, 0.25) is 0 Å². The molecule has 0 aromatic rings. The molecule has 0 unspecified atom stereocenters. The molecule has 0 N–H and O–H groups in total. The summed E-state index contributed by atoms with van der Waals surface area (Å²) >= 11 is 5.67. The molecule has 90 valence electrons. The molecule has 0 aromatic heterocycles. The highest BCUT2D eigenvalue weighted by molar-refractivity contribution is 6.26. The fourth-order valence-electron chi connectivity index (χ4n) is 1.99. The zero-order valence-corrected chi connectivity index (χ0v) is 11.1. The Bertz CT molecular complexity index is 178. The van der Waals surface area contributed by atoms with Crippen molar-refractivity contribution in [2.24, 2.45) is 0 Å². The normalized spacial score (nSPS) is 11.7. The van der Waals surface area contributed by atoms with Crippen molar-refractivity contribution in [1.82, 2.24) is 0 Å². The molecule has 0 rings (SSSR count). The second-order valence-electron chi connectivity index (χ2n) is 4.09. The molecule has 3 heteroatoms. The molecule has 0 spiro atoms. The van der Waals surface area contributed by atoms with E-state index >= 15 is 0 Å².